The zero-order valence-corrected chi connectivity index (χ0v) is 27.8. The first kappa shape index (κ1) is 32.8. The maximum Gasteiger partial charge on any atom is 0.308 e. The summed E-state index contributed by atoms with van der Waals surface area (Å²) < 4.78 is 28.3. The summed E-state index contributed by atoms with van der Waals surface area (Å²) in [7, 11) is 0. The first-order chi connectivity index (χ1) is 22.7. The lowest BCUT2D eigenvalue weighted by Gasteiger charge is -2.35. The molecule has 3 aromatic carbocycles. The minimum atomic E-state index is -1.16. The number of imidazole rings is 1. The van der Waals surface area contributed by atoms with Crippen LogP contribution in [0.25, 0.3) is 0 Å². The molecule has 1 aromatic heterocycles. The van der Waals surface area contributed by atoms with E-state index in [4.69, 9.17) is 42.1 Å². The summed E-state index contributed by atoms with van der Waals surface area (Å²) in [4.78, 5) is 27.0. The summed E-state index contributed by atoms with van der Waals surface area (Å²) in [6.07, 6.45) is 5.56. The molecule has 10 nitrogen and oxygen atoms in total. The topological polar surface area (TPSA) is 86.4 Å². The number of piperazine rings is 1. The summed E-state index contributed by atoms with van der Waals surface area (Å²) in [5.74, 6) is -0.154. The van der Waals surface area contributed by atoms with Crippen LogP contribution in [0, 0.1) is 0 Å². The molecule has 0 radical (unpaired) electrons. The van der Waals surface area contributed by atoms with Gasteiger partial charge in [-0.15, -0.1) is 0 Å². The Morgan fingerprint density at radius 1 is 0.957 bits per heavy atom. The van der Waals surface area contributed by atoms with Crippen molar-refractivity contribution in [2.45, 2.75) is 38.8 Å². The minimum Gasteiger partial charge on any atom is -0.491 e. The molecule has 47 heavy (non-hydrogen) atoms. The van der Waals surface area contributed by atoms with Crippen molar-refractivity contribution in [3.63, 3.8) is 0 Å². The molecule has 0 unspecified atom stereocenters. The quantitative estimate of drug-likeness (QED) is 0.131. The number of carbonyl (C=O) groups excluding carboxylic acids is 2. The van der Waals surface area contributed by atoms with Gasteiger partial charge in [-0.2, -0.15) is 0 Å². The first-order valence-corrected chi connectivity index (χ1v) is 16.2. The number of rotatable bonds is 10. The third-order valence-corrected chi connectivity index (χ3v) is 8.80. The summed E-state index contributed by atoms with van der Waals surface area (Å²) in [6, 6.07) is 20.7. The van der Waals surface area contributed by atoms with Crippen molar-refractivity contribution in [3.05, 3.63) is 107 Å². The summed E-state index contributed by atoms with van der Waals surface area (Å²) in [5.41, 5.74) is 2.83. The van der Waals surface area contributed by atoms with Gasteiger partial charge in [0.2, 0.25) is 18.0 Å². The van der Waals surface area contributed by atoms with Gasteiger partial charge in [-0.1, -0.05) is 41.4 Å². The lowest BCUT2D eigenvalue weighted by molar-refractivity contribution is -0.688. The van der Waals surface area contributed by atoms with E-state index in [9.17, 15) is 9.59 Å². The molecule has 3 heterocycles. The second kappa shape index (κ2) is 14.4. The molecule has 1 amide bonds. The molecular formula is C35H37Cl2N4O6+. The number of anilines is 1. The molecule has 4 aromatic rings. The first-order valence-electron chi connectivity index (χ1n) is 15.5. The van der Waals surface area contributed by atoms with Gasteiger partial charge in [-0.25, -0.2) is 9.13 Å². The number of hydrogen-bond donors (Lipinski definition) is 0. The predicted molar refractivity (Wildman–Crippen MR) is 177 cm³/mol. The highest BCUT2D eigenvalue weighted by molar-refractivity contribution is 6.35. The van der Waals surface area contributed by atoms with E-state index in [1.165, 1.54) is 6.92 Å². The SMILES string of the molecule is CC(=O)Oc1ccc(C[n+]2ccn(C[C@]3(c4ccc(Cl)cc4Cl)OC[C@H](COc4ccc(N5CCN(C(C)=O)CC5)cc4)O3)c2)cc1. The Labute approximate surface area is 283 Å². The number of hydrogen-bond acceptors (Lipinski definition) is 7. The predicted octanol–water partition coefficient (Wildman–Crippen LogP) is 5.07. The van der Waals surface area contributed by atoms with Gasteiger partial charge in [0, 0.05) is 56.3 Å². The zero-order chi connectivity index (χ0) is 33.0. The second-order valence-electron chi connectivity index (χ2n) is 11.7. The fraction of sp³-hybridized carbons (Fsp3) is 0.343. The number of ether oxygens (including phenoxy) is 4. The number of benzene rings is 3. The van der Waals surface area contributed by atoms with Crippen LogP contribution < -0.4 is 18.9 Å². The maximum atomic E-state index is 11.7. The van der Waals surface area contributed by atoms with Gasteiger partial charge >= 0.3 is 5.97 Å². The van der Waals surface area contributed by atoms with E-state index in [0.717, 1.165) is 43.2 Å². The molecule has 2 aliphatic rings. The normalized spacial score (nSPS) is 19.5. The minimum absolute atomic E-state index is 0.118. The van der Waals surface area contributed by atoms with Crippen LogP contribution in [0.4, 0.5) is 5.69 Å². The van der Waals surface area contributed by atoms with Crippen LogP contribution in [0.5, 0.6) is 11.5 Å². The Morgan fingerprint density at radius 2 is 1.68 bits per heavy atom. The van der Waals surface area contributed by atoms with E-state index in [-0.39, 0.29) is 18.0 Å². The molecule has 0 N–H and O–H groups in total. The van der Waals surface area contributed by atoms with Gasteiger partial charge in [-0.3, -0.25) is 9.59 Å². The molecule has 12 heteroatoms. The smallest absolute Gasteiger partial charge is 0.308 e. The Bertz CT molecular complexity index is 1710. The molecule has 2 atom stereocenters. The largest absolute Gasteiger partial charge is 0.491 e. The molecule has 6 rings (SSSR count). The number of nitrogens with zero attached hydrogens (tertiary/aromatic N) is 4. The van der Waals surface area contributed by atoms with Crippen LogP contribution in [0.1, 0.15) is 25.0 Å². The average molecular weight is 681 g/mol. The van der Waals surface area contributed by atoms with Crippen LogP contribution >= 0.6 is 23.2 Å². The summed E-state index contributed by atoms with van der Waals surface area (Å²) in [5, 5.41) is 0.973. The van der Waals surface area contributed by atoms with Crippen molar-refractivity contribution < 1.29 is 33.1 Å². The Hall–Kier alpha value is -4.09. The van der Waals surface area contributed by atoms with Crippen LogP contribution in [-0.2, 0) is 37.9 Å². The average Bonchev–Trinajstić information content (AvgIpc) is 3.68. The molecule has 0 aliphatic carbocycles. The van der Waals surface area contributed by atoms with E-state index in [1.807, 2.05) is 75.2 Å². The van der Waals surface area contributed by atoms with Crippen molar-refractivity contribution >= 4 is 40.8 Å². The van der Waals surface area contributed by atoms with Gasteiger partial charge in [0.25, 0.3) is 0 Å². The van der Waals surface area contributed by atoms with Crippen LogP contribution in [-0.4, -0.2) is 66.8 Å². The van der Waals surface area contributed by atoms with Gasteiger partial charge < -0.3 is 28.7 Å². The number of carbonyl (C=O) groups is 2. The number of aromatic nitrogens is 2. The van der Waals surface area contributed by atoms with Crippen molar-refractivity contribution in [1.29, 1.82) is 0 Å². The van der Waals surface area contributed by atoms with Gasteiger partial charge in [0.15, 0.2) is 0 Å². The van der Waals surface area contributed by atoms with Crippen molar-refractivity contribution in [2.24, 2.45) is 0 Å². The Kier molecular flexibility index (Phi) is 10.0. The highest BCUT2D eigenvalue weighted by Crippen LogP contribution is 2.40. The molecule has 2 saturated heterocycles. The van der Waals surface area contributed by atoms with Crippen molar-refractivity contribution in [3.8, 4) is 11.5 Å². The lowest BCUT2D eigenvalue weighted by Crippen LogP contribution is -2.48. The highest BCUT2D eigenvalue weighted by atomic mass is 35.5. The number of amides is 1. The molecule has 0 spiro atoms. The molecular weight excluding hydrogens is 643 g/mol. The second-order valence-corrected chi connectivity index (χ2v) is 12.6. The van der Waals surface area contributed by atoms with Crippen LogP contribution in [0.2, 0.25) is 10.0 Å². The van der Waals surface area contributed by atoms with Crippen molar-refractivity contribution in [2.75, 3.05) is 44.3 Å². The number of esters is 1. The fourth-order valence-electron chi connectivity index (χ4n) is 5.88. The Balaban J connectivity index is 1.10. The van der Waals surface area contributed by atoms with E-state index >= 15 is 0 Å². The van der Waals surface area contributed by atoms with Crippen LogP contribution in [0.3, 0.4) is 0 Å². The summed E-state index contributed by atoms with van der Waals surface area (Å²) in [6.45, 7) is 7.61. The van der Waals surface area contributed by atoms with Gasteiger partial charge in [0.05, 0.1) is 11.6 Å². The van der Waals surface area contributed by atoms with E-state index in [0.29, 0.717) is 47.7 Å². The molecule has 246 valence electrons. The monoisotopic (exact) mass is 679 g/mol. The third kappa shape index (κ3) is 8.08. The Morgan fingerprint density at radius 3 is 2.36 bits per heavy atom. The molecule has 2 aliphatic heterocycles. The van der Waals surface area contributed by atoms with E-state index < -0.39 is 5.79 Å². The third-order valence-electron chi connectivity index (χ3n) is 8.25. The summed E-state index contributed by atoms with van der Waals surface area (Å²) >= 11 is 12.9. The van der Waals surface area contributed by atoms with Gasteiger partial charge in [-0.05, 0) is 54.1 Å². The lowest BCUT2D eigenvalue weighted by atomic mass is 10.1. The molecule has 2 fully saturated rings. The standard InChI is InChI=1S/C35H37Cl2N4O6/c1-25(42)40-15-17-41(18-16-40)29-6-10-30(11-7-29)44-21-32-22-45-35(47-32,33-12-5-28(36)19-34(33)37)23-39-14-13-38(24-39)20-27-3-8-31(9-4-27)46-26(2)43/h3-14,19,24,32H,15-18,20-23H2,1-2H3/q+1/t32-,35-/m0/s1. The van der Waals surface area contributed by atoms with E-state index in [1.54, 1.807) is 31.2 Å². The molecule has 0 bridgehead atoms. The van der Waals surface area contributed by atoms with Crippen molar-refractivity contribution in [1.82, 2.24) is 9.47 Å². The highest BCUT2D eigenvalue weighted by Gasteiger charge is 2.47. The molecule has 0 saturated carbocycles. The van der Waals surface area contributed by atoms with Gasteiger partial charge in [0.1, 0.15) is 49.7 Å². The van der Waals surface area contributed by atoms with Crippen LogP contribution in [0.15, 0.2) is 85.5 Å². The zero-order valence-electron chi connectivity index (χ0n) is 26.3. The van der Waals surface area contributed by atoms with E-state index in [2.05, 4.69) is 4.90 Å². The number of halogens is 2. The maximum absolute atomic E-state index is 11.7. The fourth-order valence-corrected chi connectivity index (χ4v) is 6.43.